The number of hydrogen-bond donors (Lipinski definition) is 1. The van der Waals surface area contributed by atoms with Crippen LogP contribution in [0.2, 0.25) is 0 Å². The van der Waals surface area contributed by atoms with Gasteiger partial charge in [0.1, 0.15) is 11.5 Å². The molecule has 1 aromatic heterocycles. The Morgan fingerprint density at radius 2 is 2.00 bits per heavy atom. The van der Waals surface area contributed by atoms with Gasteiger partial charge in [-0.05, 0) is 30.3 Å². The predicted octanol–water partition coefficient (Wildman–Crippen LogP) is 3.51. The first-order valence-electron chi connectivity index (χ1n) is 6.49. The van der Waals surface area contributed by atoms with E-state index in [0.717, 1.165) is 0 Å². The summed E-state index contributed by atoms with van der Waals surface area (Å²) in [7, 11) is 0. The normalized spacial score (nSPS) is 21.1. The van der Waals surface area contributed by atoms with Gasteiger partial charge in [0.2, 0.25) is 0 Å². The Morgan fingerprint density at radius 1 is 1.23 bits per heavy atom. The quantitative estimate of drug-likeness (QED) is 0.862. The van der Waals surface area contributed by atoms with Crippen LogP contribution in [0.5, 0.6) is 5.75 Å². The maximum atomic E-state index is 12.7. The van der Waals surface area contributed by atoms with Gasteiger partial charge < -0.3 is 14.3 Å². The van der Waals surface area contributed by atoms with Crippen molar-refractivity contribution in [3.8, 4) is 17.1 Å². The lowest BCUT2D eigenvalue weighted by Gasteiger charge is -2.31. The molecule has 0 aliphatic carbocycles. The molecule has 2 aromatic rings. The minimum atomic E-state index is -4.53. The summed E-state index contributed by atoms with van der Waals surface area (Å²) in [6, 6.07) is 7.42. The van der Waals surface area contributed by atoms with E-state index in [2.05, 4.69) is 0 Å². The van der Waals surface area contributed by atoms with Crippen LogP contribution in [0.3, 0.4) is 0 Å². The van der Waals surface area contributed by atoms with Gasteiger partial charge in [0.15, 0.2) is 18.2 Å². The van der Waals surface area contributed by atoms with Crippen molar-refractivity contribution in [1.29, 1.82) is 0 Å². The summed E-state index contributed by atoms with van der Waals surface area (Å²) < 4.78 is 48.3. The summed E-state index contributed by atoms with van der Waals surface area (Å²) in [5.41, 5.74) is 0.807. The van der Waals surface area contributed by atoms with Crippen molar-refractivity contribution in [1.82, 2.24) is 0 Å². The molecule has 22 heavy (non-hydrogen) atoms. The van der Waals surface area contributed by atoms with Crippen LogP contribution in [0.25, 0.3) is 11.3 Å². The molecule has 0 fully saturated rings. The Hall–Kier alpha value is -2.28. The third-order valence-electron chi connectivity index (χ3n) is 3.47. The van der Waals surface area contributed by atoms with Gasteiger partial charge in [-0.1, -0.05) is 0 Å². The Kier molecular flexibility index (Phi) is 3.44. The van der Waals surface area contributed by atoms with Crippen LogP contribution in [0.1, 0.15) is 28.6 Å². The summed E-state index contributed by atoms with van der Waals surface area (Å²) in [5.74, 6) is 0.517. The van der Waals surface area contributed by atoms with Gasteiger partial charge in [-0.25, -0.2) is 0 Å². The van der Waals surface area contributed by atoms with E-state index in [0.29, 0.717) is 17.6 Å². The van der Waals surface area contributed by atoms with Crippen molar-refractivity contribution in [2.75, 3.05) is 0 Å². The van der Waals surface area contributed by atoms with Crippen LogP contribution in [0.4, 0.5) is 13.2 Å². The number of benzene rings is 1. The van der Waals surface area contributed by atoms with E-state index in [1.807, 2.05) is 0 Å². The van der Waals surface area contributed by atoms with Crippen molar-refractivity contribution < 1.29 is 32.2 Å². The molecule has 1 N–H and O–H groups in total. The SMILES string of the molecule is O=Cc1ccc(-c2ccc3c(c2)C(O)CC(C(F)(F)F)O3)o1. The smallest absolute Gasteiger partial charge is 0.425 e. The topological polar surface area (TPSA) is 59.7 Å². The minimum Gasteiger partial charge on any atom is -0.480 e. The van der Waals surface area contributed by atoms with Gasteiger partial charge in [0.25, 0.3) is 0 Å². The van der Waals surface area contributed by atoms with Crippen molar-refractivity contribution >= 4 is 6.29 Å². The molecule has 4 nitrogen and oxygen atoms in total. The summed E-state index contributed by atoms with van der Waals surface area (Å²) >= 11 is 0. The molecule has 0 amide bonds. The van der Waals surface area contributed by atoms with Crippen LogP contribution in [-0.2, 0) is 0 Å². The first kappa shape index (κ1) is 14.6. The third-order valence-corrected chi connectivity index (χ3v) is 3.47. The lowest BCUT2D eigenvalue weighted by Crippen LogP contribution is -2.38. The van der Waals surface area contributed by atoms with Gasteiger partial charge in [0, 0.05) is 17.5 Å². The van der Waals surface area contributed by atoms with Crippen LogP contribution < -0.4 is 4.74 Å². The standard InChI is InChI=1S/C15H11F3O4/c16-15(17,18)14-6-11(20)10-5-8(1-3-13(10)22-14)12-4-2-9(7-19)21-12/h1-5,7,11,14,20H,6H2. The fourth-order valence-electron chi connectivity index (χ4n) is 2.37. The van der Waals surface area contributed by atoms with E-state index in [1.165, 1.54) is 24.3 Å². The van der Waals surface area contributed by atoms with Gasteiger partial charge in [-0.3, -0.25) is 4.79 Å². The highest BCUT2D eigenvalue weighted by molar-refractivity contribution is 5.73. The van der Waals surface area contributed by atoms with Crippen molar-refractivity contribution in [3.63, 3.8) is 0 Å². The number of ether oxygens (including phenoxy) is 1. The first-order valence-corrected chi connectivity index (χ1v) is 6.49. The summed E-state index contributed by atoms with van der Waals surface area (Å²) in [6.45, 7) is 0. The average molecular weight is 312 g/mol. The maximum Gasteiger partial charge on any atom is 0.425 e. The second-order valence-corrected chi connectivity index (χ2v) is 4.97. The number of aliphatic hydroxyl groups is 1. The molecule has 3 rings (SSSR count). The molecule has 0 saturated heterocycles. The number of aldehydes is 1. The van der Waals surface area contributed by atoms with Crippen LogP contribution in [0.15, 0.2) is 34.7 Å². The lowest BCUT2D eigenvalue weighted by molar-refractivity contribution is -0.207. The first-order chi connectivity index (χ1) is 10.4. The number of halogens is 3. The van der Waals surface area contributed by atoms with Crippen molar-refractivity contribution in [2.45, 2.75) is 24.8 Å². The van der Waals surface area contributed by atoms with Crippen molar-refractivity contribution in [3.05, 3.63) is 41.7 Å². The molecule has 1 aromatic carbocycles. The Balaban J connectivity index is 1.94. The molecule has 2 heterocycles. The zero-order chi connectivity index (χ0) is 15.9. The van der Waals surface area contributed by atoms with Gasteiger partial charge >= 0.3 is 6.18 Å². The molecule has 2 atom stereocenters. The van der Waals surface area contributed by atoms with Crippen molar-refractivity contribution in [2.24, 2.45) is 0 Å². The van der Waals surface area contributed by atoms with Gasteiger partial charge in [0.05, 0.1) is 6.10 Å². The molecule has 7 heteroatoms. The Labute approximate surface area is 123 Å². The van der Waals surface area contributed by atoms with E-state index in [4.69, 9.17) is 9.15 Å². The highest BCUT2D eigenvalue weighted by Gasteiger charge is 2.45. The molecule has 0 saturated carbocycles. The summed E-state index contributed by atoms with van der Waals surface area (Å²) in [4.78, 5) is 10.6. The van der Waals surface area contributed by atoms with Crippen LogP contribution in [-0.4, -0.2) is 23.7 Å². The summed E-state index contributed by atoms with van der Waals surface area (Å²) in [5, 5.41) is 9.95. The van der Waals surface area contributed by atoms with Crippen LogP contribution >= 0.6 is 0 Å². The largest absolute Gasteiger partial charge is 0.480 e. The minimum absolute atomic E-state index is 0.00741. The van der Waals surface area contributed by atoms with Gasteiger partial charge in [-0.2, -0.15) is 13.2 Å². The molecular formula is C15H11F3O4. The number of carbonyl (C=O) groups is 1. The molecule has 1 aliphatic rings. The second-order valence-electron chi connectivity index (χ2n) is 4.97. The third kappa shape index (κ3) is 2.59. The van der Waals surface area contributed by atoms with Gasteiger partial charge in [-0.15, -0.1) is 0 Å². The monoisotopic (exact) mass is 312 g/mol. The maximum absolute atomic E-state index is 12.7. The number of alkyl halides is 3. The van der Waals surface area contributed by atoms with E-state index in [1.54, 1.807) is 6.07 Å². The predicted molar refractivity (Wildman–Crippen MR) is 69.6 cm³/mol. The van der Waals surface area contributed by atoms with E-state index in [-0.39, 0.29) is 17.1 Å². The summed E-state index contributed by atoms with van der Waals surface area (Å²) in [6.07, 6.45) is -7.84. The fourth-order valence-corrected chi connectivity index (χ4v) is 2.37. The molecular weight excluding hydrogens is 301 g/mol. The molecule has 0 radical (unpaired) electrons. The number of rotatable bonds is 2. The molecule has 116 valence electrons. The molecule has 0 spiro atoms. The second kappa shape index (κ2) is 5.17. The zero-order valence-corrected chi connectivity index (χ0v) is 11.1. The number of hydrogen-bond acceptors (Lipinski definition) is 4. The number of fused-ring (bicyclic) bond motifs is 1. The zero-order valence-electron chi connectivity index (χ0n) is 11.1. The highest BCUT2D eigenvalue weighted by Crippen LogP contribution is 2.41. The molecule has 0 bridgehead atoms. The Bertz CT molecular complexity index is 705. The fraction of sp³-hybridized carbons (Fsp3) is 0.267. The number of furan rings is 1. The number of aliphatic hydroxyl groups excluding tert-OH is 1. The highest BCUT2D eigenvalue weighted by atomic mass is 19.4. The molecule has 2 unspecified atom stereocenters. The van der Waals surface area contributed by atoms with E-state index >= 15 is 0 Å². The number of carbonyl (C=O) groups excluding carboxylic acids is 1. The van der Waals surface area contributed by atoms with E-state index < -0.39 is 24.8 Å². The van der Waals surface area contributed by atoms with Crippen LogP contribution in [0, 0.1) is 0 Å². The average Bonchev–Trinajstić information content (AvgIpc) is 2.95. The lowest BCUT2D eigenvalue weighted by atomic mass is 9.96. The Morgan fingerprint density at radius 3 is 2.64 bits per heavy atom. The van der Waals surface area contributed by atoms with E-state index in [9.17, 15) is 23.1 Å². The molecule has 1 aliphatic heterocycles.